The highest BCUT2D eigenvalue weighted by atomic mass is 16.6. The molecule has 0 saturated carbocycles. The lowest BCUT2D eigenvalue weighted by Gasteiger charge is -2.31. The van der Waals surface area contributed by atoms with Gasteiger partial charge in [0, 0.05) is 18.2 Å². The van der Waals surface area contributed by atoms with E-state index in [2.05, 4.69) is 16.5 Å². The zero-order chi connectivity index (χ0) is 20.4. The second-order valence-corrected chi connectivity index (χ2v) is 7.45. The SMILES string of the molecule is Cc1cc(C[C@H](C)NC(=O)[C@H]2Oc3ccccc3O[C@@H]2C)n(-c2ccccc2)n1. The van der Waals surface area contributed by atoms with Crippen molar-refractivity contribution in [3.63, 3.8) is 0 Å². The third kappa shape index (κ3) is 4.11. The Morgan fingerprint density at radius 1 is 1.10 bits per heavy atom. The van der Waals surface area contributed by atoms with Gasteiger partial charge in [-0.25, -0.2) is 4.68 Å². The number of hydrogen-bond donors (Lipinski definition) is 1. The quantitative estimate of drug-likeness (QED) is 0.723. The molecule has 0 spiro atoms. The van der Waals surface area contributed by atoms with Crippen molar-refractivity contribution in [2.24, 2.45) is 0 Å². The molecular formula is C23H25N3O3. The number of fused-ring (bicyclic) bond motifs is 1. The van der Waals surface area contributed by atoms with E-state index in [1.165, 1.54) is 0 Å². The molecule has 0 bridgehead atoms. The van der Waals surface area contributed by atoms with E-state index < -0.39 is 6.10 Å². The molecule has 0 radical (unpaired) electrons. The van der Waals surface area contributed by atoms with Crippen LogP contribution in [0.5, 0.6) is 11.5 Å². The molecule has 1 aliphatic heterocycles. The highest BCUT2D eigenvalue weighted by molar-refractivity contribution is 5.82. The molecule has 0 saturated heterocycles. The zero-order valence-electron chi connectivity index (χ0n) is 16.8. The number of nitrogens with one attached hydrogen (secondary N) is 1. The molecule has 0 unspecified atom stereocenters. The molecule has 2 aromatic carbocycles. The lowest BCUT2D eigenvalue weighted by atomic mass is 10.1. The summed E-state index contributed by atoms with van der Waals surface area (Å²) in [5, 5.41) is 7.66. The average molecular weight is 391 g/mol. The number of aromatic nitrogens is 2. The lowest BCUT2D eigenvalue weighted by Crippen LogP contribution is -2.51. The topological polar surface area (TPSA) is 65.4 Å². The number of aryl methyl sites for hydroxylation is 1. The second kappa shape index (κ2) is 7.99. The summed E-state index contributed by atoms with van der Waals surface area (Å²) in [6.45, 7) is 5.80. The predicted molar refractivity (Wildman–Crippen MR) is 111 cm³/mol. The second-order valence-electron chi connectivity index (χ2n) is 7.45. The summed E-state index contributed by atoms with van der Waals surface area (Å²) in [5.41, 5.74) is 2.99. The highest BCUT2D eigenvalue weighted by Gasteiger charge is 2.34. The summed E-state index contributed by atoms with van der Waals surface area (Å²) in [5.74, 6) is 1.08. The fourth-order valence-corrected chi connectivity index (χ4v) is 3.59. The van der Waals surface area contributed by atoms with Gasteiger partial charge in [-0.3, -0.25) is 4.79 Å². The Balaban J connectivity index is 1.44. The Morgan fingerprint density at radius 2 is 1.76 bits per heavy atom. The minimum atomic E-state index is -0.687. The van der Waals surface area contributed by atoms with Gasteiger partial charge in [0.05, 0.1) is 11.4 Å². The molecule has 1 aromatic heterocycles. The van der Waals surface area contributed by atoms with Crippen LogP contribution in [0.25, 0.3) is 5.69 Å². The molecule has 1 N–H and O–H groups in total. The van der Waals surface area contributed by atoms with Crippen molar-refractivity contribution in [1.82, 2.24) is 15.1 Å². The minimum Gasteiger partial charge on any atom is -0.482 e. The largest absolute Gasteiger partial charge is 0.482 e. The number of carbonyl (C=O) groups excluding carboxylic acids is 1. The number of benzene rings is 2. The van der Waals surface area contributed by atoms with Gasteiger partial charge in [-0.1, -0.05) is 30.3 Å². The Kier molecular flexibility index (Phi) is 5.25. The van der Waals surface area contributed by atoms with Crippen LogP contribution in [0, 0.1) is 6.92 Å². The third-order valence-electron chi connectivity index (χ3n) is 4.91. The van der Waals surface area contributed by atoms with Gasteiger partial charge in [0.2, 0.25) is 6.10 Å². The van der Waals surface area contributed by atoms with Gasteiger partial charge in [-0.05, 0) is 51.1 Å². The van der Waals surface area contributed by atoms with Crippen molar-refractivity contribution >= 4 is 5.91 Å². The van der Waals surface area contributed by atoms with Crippen molar-refractivity contribution in [3.05, 3.63) is 72.1 Å². The van der Waals surface area contributed by atoms with Gasteiger partial charge < -0.3 is 14.8 Å². The van der Waals surface area contributed by atoms with Crippen LogP contribution < -0.4 is 14.8 Å². The van der Waals surface area contributed by atoms with Gasteiger partial charge in [-0.2, -0.15) is 5.10 Å². The Bertz CT molecular complexity index is 1000. The molecule has 3 aromatic rings. The first-order chi connectivity index (χ1) is 14.0. The normalized spacial score (nSPS) is 18.9. The van der Waals surface area contributed by atoms with Crippen molar-refractivity contribution < 1.29 is 14.3 Å². The first kappa shape index (κ1) is 19.1. The number of rotatable bonds is 5. The van der Waals surface area contributed by atoms with E-state index in [-0.39, 0.29) is 18.1 Å². The van der Waals surface area contributed by atoms with Crippen LogP contribution in [0.4, 0.5) is 0 Å². The van der Waals surface area contributed by atoms with E-state index in [9.17, 15) is 4.79 Å². The van der Waals surface area contributed by atoms with E-state index in [1.807, 2.05) is 80.1 Å². The summed E-state index contributed by atoms with van der Waals surface area (Å²) >= 11 is 0. The maximum absolute atomic E-state index is 12.8. The molecule has 0 fully saturated rings. The van der Waals surface area contributed by atoms with E-state index in [1.54, 1.807) is 0 Å². The third-order valence-corrected chi connectivity index (χ3v) is 4.91. The summed E-state index contributed by atoms with van der Waals surface area (Å²) < 4.78 is 13.7. The number of hydrogen-bond acceptors (Lipinski definition) is 4. The first-order valence-electron chi connectivity index (χ1n) is 9.85. The van der Waals surface area contributed by atoms with Crippen molar-refractivity contribution in [2.45, 2.75) is 45.4 Å². The zero-order valence-corrected chi connectivity index (χ0v) is 16.8. The van der Waals surface area contributed by atoms with Crippen LogP contribution >= 0.6 is 0 Å². The van der Waals surface area contributed by atoms with Crippen LogP contribution in [-0.4, -0.2) is 33.9 Å². The highest BCUT2D eigenvalue weighted by Crippen LogP contribution is 2.33. The van der Waals surface area contributed by atoms with E-state index in [0.29, 0.717) is 17.9 Å². The van der Waals surface area contributed by atoms with E-state index >= 15 is 0 Å². The monoisotopic (exact) mass is 391 g/mol. The summed E-state index contributed by atoms with van der Waals surface area (Å²) in [6.07, 6.45) is -0.401. The Hall–Kier alpha value is -3.28. The van der Waals surface area contributed by atoms with E-state index in [4.69, 9.17) is 9.47 Å². The molecule has 0 aliphatic carbocycles. The standard InChI is InChI=1S/C23H25N3O3/c1-15(13-19-14-16(2)25-26(19)18-9-5-4-6-10-18)24-23(27)22-17(3)28-20-11-7-8-12-21(20)29-22/h4-12,14-15,17,22H,13H2,1-3H3,(H,24,27)/t15-,17+,22-/m0/s1. The van der Waals surface area contributed by atoms with Gasteiger partial charge in [-0.15, -0.1) is 0 Å². The fourth-order valence-electron chi connectivity index (χ4n) is 3.59. The molecule has 6 nitrogen and oxygen atoms in total. The van der Waals surface area contributed by atoms with Gasteiger partial charge in [0.25, 0.3) is 5.91 Å². The number of para-hydroxylation sites is 3. The smallest absolute Gasteiger partial charge is 0.265 e. The molecule has 6 heteroatoms. The predicted octanol–water partition coefficient (Wildman–Crippen LogP) is 3.46. The van der Waals surface area contributed by atoms with Crippen molar-refractivity contribution in [3.8, 4) is 17.2 Å². The van der Waals surface area contributed by atoms with Crippen molar-refractivity contribution in [1.29, 1.82) is 0 Å². The van der Waals surface area contributed by atoms with Gasteiger partial charge in [0.15, 0.2) is 11.5 Å². The van der Waals surface area contributed by atoms with Crippen LogP contribution in [0.2, 0.25) is 0 Å². The number of amides is 1. The number of ether oxygens (including phenoxy) is 2. The Labute approximate surface area is 170 Å². The summed E-state index contributed by atoms with van der Waals surface area (Å²) in [4.78, 5) is 12.8. The molecule has 3 atom stereocenters. The van der Waals surface area contributed by atoms with Gasteiger partial charge in [0.1, 0.15) is 6.10 Å². The molecule has 2 heterocycles. The molecular weight excluding hydrogens is 366 g/mol. The van der Waals surface area contributed by atoms with Crippen LogP contribution in [-0.2, 0) is 11.2 Å². The van der Waals surface area contributed by atoms with E-state index in [0.717, 1.165) is 17.1 Å². The minimum absolute atomic E-state index is 0.0889. The molecule has 1 aliphatic rings. The maximum Gasteiger partial charge on any atom is 0.265 e. The van der Waals surface area contributed by atoms with Crippen molar-refractivity contribution in [2.75, 3.05) is 0 Å². The van der Waals surface area contributed by atoms with Crippen LogP contribution in [0.3, 0.4) is 0 Å². The molecule has 150 valence electrons. The average Bonchev–Trinajstić information content (AvgIpc) is 3.07. The number of nitrogens with zero attached hydrogens (tertiary/aromatic N) is 2. The van der Waals surface area contributed by atoms with Crippen LogP contribution in [0.1, 0.15) is 25.2 Å². The lowest BCUT2D eigenvalue weighted by molar-refractivity contribution is -0.134. The maximum atomic E-state index is 12.8. The Morgan fingerprint density at radius 3 is 2.48 bits per heavy atom. The molecule has 1 amide bonds. The summed E-state index contributed by atoms with van der Waals surface area (Å²) in [7, 11) is 0. The fraction of sp³-hybridized carbons (Fsp3) is 0.304. The first-order valence-corrected chi connectivity index (χ1v) is 9.85. The summed E-state index contributed by atoms with van der Waals surface area (Å²) in [6, 6.07) is 19.4. The van der Waals surface area contributed by atoms with Crippen LogP contribution in [0.15, 0.2) is 60.7 Å². The molecule has 29 heavy (non-hydrogen) atoms. The number of carbonyl (C=O) groups is 1. The molecule has 4 rings (SSSR count). The van der Waals surface area contributed by atoms with Gasteiger partial charge >= 0.3 is 0 Å².